The van der Waals surface area contributed by atoms with Crippen LogP contribution in [0, 0.1) is 11.7 Å². The monoisotopic (exact) mass is 446 g/mol. The number of aromatic nitrogens is 3. The Morgan fingerprint density at radius 3 is 2.50 bits per heavy atom. The first-order valence-corrected chi connectivity index (χ1v) is 11.1. The van der Waals surface area contributed by atoms with E-state index in [1.54, 1.807) is 24.4 Å². The van der Waals surface area contributed by atoms with Gasteiger partial charge in [-0.05, 0) is 79.4 Å². The Labute approximate surface area is 184 Å². The highest BCUT2D eigenvalue weighted by molar-refractivity contribution is 5.53. The van der Waals surface area contributed by atoms with E-state index in [9.17, 15) is 17.6 Å². The number of hydrogen-bond acceptors (Lipinski definition) is 3. The summed E-state index contributed by atoms with van der Waals surface area (Å²) in [7, 11) is 0. The highest BCUT2D eigenvalue weighted by atomic mass is 19.4. The molecule has 0 unspecified atom stereocenters. The number of nitrogens with zero attached hydrogens (tertiary/aromatic N) is 4. The van der Waals surface area contributed by atoms with Gasteiger partial charge in [-0.1, -0.05) is 19.1 Å². The molecule has 0 N–H and O–H groups in total. The zero-order valence-corrected chi connectivity index (χ0v) is 18.0. The number of hydrogen-bond donors (Lipinski definition) is 0. The largest absolute Gasteiger partial charge is 0.420 e. The van der Waals surface area contributed by atoms with Crippen molar-refractivity contribution in [1.29, 1.82) is 0 Å². The minimum atomic E-state index is -4.51. The summed E-state index contributed by atoms with van der Waals surface area (Å²) in [5.41, 5.74) is 0.200. The van der Waals surface area contributed by atoms with Crippen LogP contribution in [0.15, 0.2) is 36.5 Å². The number of fused-ring (bicyclic) bond motifs is 1. The summed E-state index contributed by atoms with van der Waals surface area (Å²) >= 11 is 0. The summed E-state index contributed by atoms with van der Waals surface area (Å²) in [6.07, 6.45) is 1.56. The molecule has 4 nitrogen and oxygen atoms in total. The van der Waals surface area contributed by atoms with Crippen LogP contribution >= 0.6 is 0 Å². The van der Waals surface area contributed by atoms with E-state index in [2.05, 4.69) is 17.1 Å². The van der Waals surface area contributed by atoms with Crippen molar-refractivity contribution in [2.45, 2.75) is 57.2 Å². The van der Waals surface area contributed by atoms with Gasteiger partial charge in [-0.2, -0.15) is 13.2 Å². The summed E-state index contributed by atoms with van der Waals surface area (Å²) in [6, 6.07) is 8.20. The predicted molar refractivity (Wildman–Crippen MR) is 113 cm³/mol. The SMILES string of the molecule is CC1(c2cccc(F)c2)CCN(Cc2ccn3c(CC4CC4)nnc3c2C(F)(F)F)CC1. The molecule has 1 aliphatic carbocycles. The fraction of sp³-hybridized carbons (Fsp3) is 0.500. The van der Waals surface area contributed by atoms with Crippen LogP contribution in [0.5, 0.6) is 0 Å². The second-order valence-electron chi connectivity index (χ2n) is 9.52. The molecular formula is C24H26F4N4. The third kappa shape index (κ3) is 4.12. The van der Waals surface area contributed by atoms with E-state index < -0.39 is 11.7 Å². The number of alkyl halides is 3. The van der Waals surface area contributed by atoms with Crippen molar-refractivity contribution < 1.29 is 17.6 Å². The molecule has 1 aromatic carbocycles. The van der Waals surface area contributed by atoms with Crippen LogP contribution in [0.4, 0.5) is 17.6 Å². The van der Waals surface area contributed by atoms with Crippen molar-refractivity contribution in [3.8, 4) is 0 Å². The fourth-order valence-corrected chi connectivity index (χ4v) is 4.80. The van der Waals surface area contributed by atoms with E-state index in [-0.39, 0.29) is 29.0 Å². The van der Waals surface area contributed by atoms with Gasteiger partial charge in [-0.25, -0.2) is 4.39 Å². The normalized spacial score (nSPS) is 19.5. The molecule has 0 amide bonds. The Morgan fingerprint density at radius 2 is 1.84 bits per heavy atom. The van der Waals surface area contributed by atoms with E-state index in [0.29, 0.717) is 31.3 Å². The van der Waals surface area contributed by atoms with Gasteiger partial charge in [0.05, 0.1) is 0 Å². The Balaban J connectivity index is 1.37. The molecule has 170 valence electrons. The van der Waals surface area contributed by atoms with Crippen molar-refractivity contribution >= 4 is 5.65 Å². The highest BCUT2D eigenvalue weighted by Gasteiger charge is 2.39. The lowest BCUT2D eigenvalue weighted by Gasteiger charge is -2.40. The molecular weight excluding hydrogens is 420 g/mol. The number of benzene rings is 1. The fourth-order valence-electron chi connectivity index (χ4n) is 4.80. The van der Waals surface area contributed by atoms with Gasteiger partial charge >= 0.3 is 6.18 Å². The van der Waals surface area contributed by atoms with Gasteiger partial charge in [-0.3, -0.25) is 9.30 Å². The third-order valence-electron chi connectivity index (χ3n) is 7.06. The lowest BCUT2D eigenvalue weighted by Crippen LogP contribution is -2.40. The molecule has 0 spiro atoms. The molecule has 2 fully saturated rings. The topological polar surface area (TPSA) is 33.4 Å². The number of halogens is 4. The van der Waals surface area contributed by atoms with Gasteiger partial charge < -0.3 is 0 Å². The lowest BCUT2D eigenvalue weighted by molar-refractivity contribution is -0.137. The maximum absolute atomic E-state index is 14.1. The third-order valence-corrected chi connectivity index (χ3v) is 7.06. The quantitative estimate of drug-likeness (QED) is 0.493. The molecule has 1 saturated heterocycles. The van der Waals surface area contributed by atoms with Crippen molar-refractivity contribution in [3.05, 3.63) is 64.9 Å². The summed E-state index contributed by atoms with van der Waals surface area (Å²) in [6.45, 7) is 3.60. The summed E-state index contributed by atoms with van der Waals surface area (Å²) in [4.78, 5) is 2.05. The lowest BCUT2D eigenvalue weighted by atomic mass is 9.74. The van der Waals surface area contributed by atoms with Crippen molar-refractivity contribution in [2.24, 2.45) is 5.92 Å². The zero-order chi connectivity index (χ0) is 22.5. The molecule has 2 aromatic heterocycles. The predicted octanol–water partition coefficient (Wildman–Crippen LogP) is 5.39. The van der Waals surface area contributed by atoms with Crippen LogP contribution in [0.25, 0.3) is 5.65 Å². The Morgan fingerprint density at radius 1 is 1.09 bits per heavy atom. The van der Waals surface area contributed by atoms with Crippen molar-refractivity contribution in [1.82, 2.24) is 19.5 Å². The van der Waals surface area contributed by atoms with E-state index in [0.717, 1.165) is 31.2 Å². The molecule has 32 heavy (non-hydrogen) atoms. The zero-order valence-electron chi connectivity index (χ0n) is 18.0. The van der Waals surface area contributed by atoms with Crippen LogP contribution in [-0.2, 0) is 24.6 Å². The number of piperidine rings is 1. The van der Waals surface area contributed by atoms with Crippen LogP contribution < -0.4 is 0 Å². The first kappa shape index (κ1) is 21.4. The number of pyridine rings is 1. The Hall–Kier alpha value is -2.48. The first-order valence-electron chi connectivity index (χ1n) is 11.1. The van der Waals surface area contributed by atoms with E-state index in [4.69, 9.17) is 0 Å². The molecule has 1 aliphatic heterocycles. The molecule has 0 bridgehead atoms. The molecule has 3 heterocycles. The Bertz CT molecular complexity index is 1120. The minimum Gasteiger partial charge on any atom is -0.299 e. The summed E-state index contributed by atoms with van der Waals surface area (Å²) in [5, 5.41) is 8.00. The Kier molecular flexibility index (Phi) is 5.23. The molecule has 0 atom stereocenters. The molecule has 5 rings (SSSR count). The summed E-state index contributed by atoms with van der Waals surface area (Å²) < 4.78 is 57.4. The first-order chi connectivity index (χ1) is 15.2. The van der Waals surface area contributed by atoms with Gasteiger partial charge in [0.1, 0.15) is 17.2 Å². The van der Waals surface area contributed by atoms with Gasteiger partial charge in [-0.15, -0.1) is 10.2 Å². The molecule has 3 aromatic rings. The maximum Gasteiger partial charge on any atom is 0.420 e. The van der Waals surface area contributed by atoms with Gasteiger partial charge in [0.25, 0.3) is 0 Å². The van der Waals surface area contributed by atoms with E-state index in [1.807, 2.05) is 11.0 Å². The van der Waals surface area contributed by atoms with Crippen molar-refractivity contribution in [2.75, 3.05) is 13.1 Å². The van der Waals surface area contributed by atoms with Gasteiger partial charge in [0, 0.05) is 19.2 Å². The maximum atomic E-state index is 14.1. The minimum absolute atomic E-state index is 0.104. The smallest absolute Gasteiger partial charge is 0.299 e. The van der Waals surface area contributed by atoms with Crippen LogP contribution in [0.3, 0.4) is 0 Å². The molecule has 8 heteroatoms. The molecule has 2 aliphatic rings. The second kappa shape index (κ2) is 7.83. The number of rotatable bonds is 5. The number of likely N-dealkylation sites (tertiary alicyclic amines) is 1. The van der Waals surface area contributed by atoms with Gasteiger partial charge in [0.15, 0.2) is 5.65 Å². The van der Waals surface area contributed by atoms with E-state index in [1.165, 1.54) is 10.5 Å². The van der Waals surface area contributed by atoms with Crippen LogP contribution in [-0.4, -0.2) is 32.6 Å². The molecule has 1 saturated carbocycles. The van der Waals surface area contributed by atoms with Crippen molar-refractivity contribution in [3.63, 3.8) is 0 Å². The average molecular weight is 446 g/mol. The average Bonchev–Trinajstić information content (AvgIpc) is 3.47. The van der Waals surface area contributed by atoms with Crippen LogP contribution in [0.2, 0.25) is 0 Å². The molecule has 0 radical (unpaired) electrons. The van der Waals surface area contributed by atoms with E-state index >= 15 is 0 Å². The second-order valence-corrected chi connectivity index (χ2v) is 9.52. The standard InChI is InChI=1S/C24H26F4N4/c1-23(18-3-2-4-19(25)14-18)8-11-31(12-9-23)15-17-7-10-32-20(13-16-5-6-16)29-30-22(32)21(17)24(26,27)28/h2-4,7,10,14,16H,5-6,8-9,11-13,15H2,1H3. The highest BCUT2D eigenvalue weighted by Crippen LogP contribution is 2.39. The van der Waals surface area contributed by atoms with Crippen LogP contribution in [0.1, 0.15) is 55.1 Å². The van der Waals surface area contributed by atoms with Gasteiger partial charge in [0.2, 0.25) is 0 Å². The summed E-state index contributed by atoms with van der Waals surface area (Å²) in [5.74, 6) is 0.851.